The largest absolute Gasteiger partial charge is 0.317 e. The van der Waals surface area contributed by atoms with Crippen LogP contribution in [0, 0.1) is 5.82 Å². The van der Waals surface area contributed by atoms with Crippen LogP contribution in [0.4, 0.5) is 13.2 Å². The summed E-state index contributed by atoms with van der Waals surface area (Å²) in [5.74, 6) is -3.09. The lowest BCUT2D eigenvalue weighted by Crippen LogP contribution is -2.44. The predicted molar refractivity (Wildman–Crippen MR) is 103 cm³/mol. The Morgan fingerprint density at radius 3 is 2.65 bits per heavy atom. The number of hydrazine groups is 2. The molecule has 10 heteroatoms. The van der Waals surface area contributed by atoms with Gasteiger partial charge in [0, 0.05) is 17.7 Å². The Morgan fingerprint density at radius 1 is 1.10 bits per heavy atom. The van der Waals surface area contributed by atoms with E-state index in [4.69, 9.17) is 0 Å². The Morgan fingerprint density at radius 2 is 1.90 bits per heavy atom. The number of fused-ring (bicyclic) bond motifs is 1. The zero-order chi connectivity index (χ0) is 22.1. The fourth-order valence-electron chi connectivity index (χ4n) is 3.97. The monoisotopic (exact) mass is 432 g/mol. The summed E-state index contributed by atoms with van der Waals surface area (Å²) < 4.78 is 38.2. The molecule has 2 N–H and O–H groups in total. The molecule has 2 heterocycles. The van der Waals surface area contributed by atoms with Crippen LogP contribution in [0.3, 0.4) is 0 Å². The molecule has 31 heavy (non-hydrogen) atoms. The number of rotatable bonds is 4. The van der Waals surface area contributed by atoms with Crippen LogP contribution in [0.5, 0.6) is 0 Å². The van der Waals surface area contributed by atoms with Crippen molar-refractivity contribution in [1.29, 1.82) is 0 Å². The number of nitrogens with zero attached hydrogens (tertiary/aromatic N) is 2. The van der Waals surface area contributed by atoms with Crippen molar-refractivity contribution in [2.45, 2.75) is 31.9 Å². The molecular formula is C21H19F3N4O3. The zero-order valence-corrected chi connectivity index (χ0v) is 16.3. The molecule has 7 nitrogen and oxygen atoms in total. The van der Waals surface area contributed by atoms with Crippen LogP contribution >= 0.6 is 0 Å². The minimum Gasteiger partial charge on any atom is -0.268 e. The third-order valence-electron chi connectivity index (χ3n) is 5.42. The van der Waals surface area contributed by atoms with Gasteiger partial charge in [0.15, 0.2) is 0 Å². The lowest BCUT2D eigenvalue weighted by molar-refractivity contribution is -0.132. The van der Waals surface area contributed by atoms with Gasteiger partial charge in [0.05, 0.1) is 12.6 Å². The molecule has 2 aromatic carbocycles. The van der Waals surface area contributed by atoms with E-state index in [1.54, 1.807) is 22.6 Å². The normalized spacial score (nSPS) is 18.4. The summed E-state index contributed by atoms with van der Waals surface area (Å²) in [4.78, 5) is 36.1. The molecule has 2 aromatic rings. The second-order valence-corrected chi connectivity index (χ2v) is 7.35. The number of amides is 3. The maximum absolute atomic E-state index is 13.7. The van der Waals surface area contributed by atoms with Crippen molar-refractivity contribution < 1.29 is 27.6 Å². The van der Waals surface area contributed by atoms with Crippen molar-refractivity contribution in [1.82, 2.24) is 20.9 Å². The smallest absolute Gasteiger partial charge is 0.268 e. The molecule has 0 spiro atoms. The van der Waals surface area contributed by atoms with Crippen LogP contribution in [0.25, 0.3) is 0 Å². The fraction of sp³-hybridized carbons (Fsp3) is 0.286. The average Bonchev–Trinajstić information content (AvgIpc) is 3.36. The summed E-state index contributed by atoms with van der Waals surface area (Å²) in [6.07, 6.45) is -1.64. The quantitative estimate of drug-likeness (QED) is 0.728. The fourth-order valence-corrected chi connectivity index (χ4v) is 3.97. The first-order chi connectivity index (χ1) is 14.8. The van der Waals surface area contributed by atoms with E-state index in [-0.39, 0.29) is 23.3 Å². The van der Waals surface area contributed by atoms with Crippen LogP contribution in [0.1, 0.15) is 50.7 Å². The molecule has 0 saturated carbocycles. The first-order valence-electron chi connectivity index (χ1n) is 9.70. The summed E-state index contributed by atoms with van der Waals surface area (Å²) in [5.41, 5.74) is 5.38. The SMILES string of the molecule is O=C(NNC(=O)C(F)F)c1ccc2c(c1)C(=O)N(N1CCC[C@H]1c1cccc(F)c1)C2. The van der Waals surface area contributed by atoms with E-state index in [2.05, 4.69) is 0 Å². The predicted octanol–water partition coefficient (Wildman–Crippen LogP) is 2.56. The Hall–Kier alpha value is -3.40. The number of alkyl halides is 2. The van der Waals surface area contributed by atoms with E-state index >= 15 is 0 Å². The van der Waals surface area contributed by atoms with Gasteiger partial charge in [-0.3, -0.25) is 30.2 Å². The van der Waals surface area contributed by atoms with E-state index in [9.17, 15) is 27.6 Å². The van der Waals surface area contributed by atoms with Crippen LogP contribution in [0.15, 0.2) is 42.5 Å². The summed E-state index contributed by atoms with van der Waals surface area (Å²) >= 11 is 0. The molecule has 0 aliphatic carbocycles. The summed E-state index contributed by atoms with van der Waals surface area (Å²) in [7, 11) is 0. The number of carbonyl (C=O) groups excluding carboxylic acids is 3. The number of benzene rings is 2. The van der Waals surface area contributed by atoms with Crippen molar-refractivity contribution in [3.63, 3.8) is 0 Å². The van der Waals surface area contributed by atoms with Crippen LogP contribution in [0.2, 0.25) is 0 Å². The average molecular weight is 432 g/mol. The summed E-state index contributed by atoms with van der Waals surface area (Å²) in [6.45, 7) is 0.942. The number of hydrogen-bond acceptors (Lipinski definition) is 4. The van der Waals surface area contributed by atoms with Gasteiger partial charge in [0.2, 0.25) is 0 Å². The molecule has 1 fully saturated rings. The highest BCUT2D eigenvalue weighted by molar-refractivity contribution is 6.02. The molecule has 162 valence electrons. The third kappa shape index (κ3) is 4.11. The molecular weight excluding hydrogens is 413 g/mol. The molecule has 4 rings (SSSR count). The Bertz CT molecular complexity index is 1050. The van der Waals surface area contributed by atoms with Crippen LogP contribution < -0.4 is 10.9 Å². The molecule has 0 aromatic heterocycles. The number of halogens is 3. The lowest BCUT2D eigenvalue weighted by Gasteiger charge is -2.33. The van der Waals surface area contributed by atoms with Crippen molar-refractivity contribution in [3.8, 4) is 0 Å². The Labute approximate surface area is 175 Å². The van der Waals surface area contributed by atoms with Gasteiger partial charge in [0.25, 0.3) is 11.8 Å². The highest BCUT2D eigenvalue weighted by Crippen LogP contribution is 2.37. The Kier molecular flexibility index (Phi) is 5.64. The van der Waals surface area contributed by atoms with Crippen LogP contribution in [-0.4, -0.2) is 40.7 Å². The summed E-state index contributed by atoms with van der Waals surface area (Å²) in [6, 6.07) is 10.6. The van der Waals surface area contributed by atoms with Gasteiger partial charge in [-0.25, -0.2) is 9.40 Å². The van der Waals surface area contributed by atoms with E-state index < -0.39 is 18.2 Å². The highest BCUT2D eigenvalue weighted by atomic mass is 19.3. The molecule has 0 bridgehead atoms. The maximum Gasteiger partial charge on any atom is 0.317 e. The molecule has 1 atom stereocenters. The summed E-state index contributed by atoms with van der Waals surface area (Å²) in [5, 5.41) is 3.51. The Balaban J connectivity index is 1.50. The van der Waals surface area contributed by atoms with Crippen molar-refractivity contribution in [2.24, 2.45) is 0 Å². The van der Waals surface area contributed by atoms with Gasteiger partial charge in [0.1, 0.15) is 5.82 Å². The molecule has 3 amide bonds. The first kappa shape index (κ1) is 20.9. The van der Waals surface area contributed by atoms with Crippen LogP contribution in [-0.2, 0) is 11.3 Å². The first-order valence-corrected chi connectivity index (χ1v) is 9.70. The minimum absolute atomic E-state index is 0.0478. The zero-order valence-electron chi connectivity index (χ0n) is 16.3. The lowest BCUT2D eigenvalue weighted by atomic mass is 10.1. The molecule has 2 aliphatic rings. The third-order valence-corrected chi connectivity index (χ3v) is 5.42. The van der Waals surface area contributed by atoms with Gasteiger partial charge >= 0.3 is 12.3 Å². The van der Waals surface area contributed by atoms with Gasteiger partial charge in [-0.1, -0.05) is 18.2 Å². The van der Waals surface area contributed by atoms with E-state index in [0.717, 1.165) is 18.4 Å². The second kappa shape index (κ2) is 8.38. The highest BCUT2D eigenvalue weighted by Gasteiger charge is 2.38. The molecule has 0 unspecified atom stereocenters. The van der Waals surface area contributed by atoms with Gasteiger partial charge in [-0.05, 0) is 48.2 Å². The molecule has 1 saturated heterocycles. The minimum atomic E-state index is -3.26. The number of hydrogen-bond donors (Lipinski definition) is 2. The molecule has 2 aliphatic heterocycles. The maximum atomic E-state index is 13.7. The van der Waals surface area contributed by atoms with Gasteiger partial charge in [-0.15, -0.1) is 0 Å². The van der Waals surface area contributed by atoms with Crippen molar-refractivity contribution in [2.75, 3.05) is 6.54 Å². The molecule has 0 radical (unpaired) electrons. The van der Waals surface area contributed by atoms with E-state index in [1.165, 1.54) is 24.3 Å². The van der Waals surface area contributed by atoms with Gasteiger partial charge in [-0.2, -0.15) is 8.78 Å². The van der Waals surface area contributed by atoms with Gasteiger partial charge < -0.3 is 0 Å². The standard InChI is InChI=1S/C21H19F3N4O3/c22-15-4-1-3-12(9-15)17-5-2-8-27(17)28-11-14-7-6-13(10-16(14)21(28)31)19(29)25-26-20(30)18(23)24/h1,3-4,6-7,9-10,17-18H,2,5,8,11H2,(H,25,29)(H,26,30)/t17-/m0/s1. The topological polar surface area (TPSA) is 81.8 Å². The number of nitrogens with one attached hydrogen (secondary N) is 2. The van der Waals surface area contributed by atoms with E-state index in [0.29, 0.717) is 24.2 Å². The second-order valence-electron chi connectivity index (χ2n) is 7.35. The van der Waals surface area contributed by atoms with Crippen molar-refractivity contribution in [3.05, 3.63) is 70.5 Å². The van der Waals surface area contributed by atoms with E-state index in [1.807, 2.05) is 16.5 Å². The number of carbonyl (C=O) groups is 3. The van der Waals surface area contributed by atoms with Crippen molar-refractivity contribution >= 4 is 17.7 Å².